The van der Waals surface area contributed by atoms with Gasteiger partial charge in [-0.05, 0) is 25.0 Å². The van der Waals surface area contributed by atoms with E-state index < -0.39 is 0 Å². The number of benzene rings is 1. The summed E-state index contributed by atoms with van der Waals surface area (Å²) in [6, 6.07) is 6.94. The molecule has 1 aromatic rings. The van der Waals surface area contributed by atoms with Crippen LogP contribution < -0.4 is 10.9 Å². The number of carbonyl (C=O) groups is 2. The van der Waals surface area contributed by atoms with Crippen molar-refractivity contribution in [2.24, 2.45) is 21.9 Å². The zero-order chi connectivity index (χ0) is 16.1. The summed E-state index contributed by atoms with van der Waals surface area (Å²) in [6.45, 7) is 7.76. The number of hydrazone groups is 2. The largest absolute Gasteiger partial charge is 0.369 e. The van der Waals surface area contributed by atoms with E-state index in [2.05, 4.69) is 23.6 Å². The first-order valence-corrected chi connectivity index (χ1v) is 6.99. The summed E-state index contributed by atoms with van der Waals surface area (Å²) in [6.07, 6.45) is 1.47. The van der Waals surface area contributed by atoms with Gasteiger partial charge in [0, 0.05) is 26.5 Å². The van der Waals surface area contributed by atoms with Crippen LogP contribution in [0.3, 0.4) is 0 Å². The standard InChI is InChI=1S/C15H19N5O2/c1-17-20(18-2)13-8-4-3-7-12(13)15(22)19-9-5-6-11(10-19)14(16)21/h3-4,7-8,11H,1-2,5-6,9-10H2,(H2,16,21). The highest BCUT2D eigenvalue weighted by Crippen LogP contribution is 2.25. The molecular weight excluding hydrogens is 282 g/mol. The van der Waals surface area contributed by atoms with Crippen molar-refractivity contribution < 1.29 is 9.59 Å². The molecule has 116 valence electrons. The van der Waals surface area contributed by atoms with Gasteiger partial charge in [0.2, 0.25) is 5.91 Å². The Labute approximate surface area is 129 Å². The van der Waals surface area contributed by atoms with E-state index in [-0.39, 0.29) is 17.7 Å². The highest BCUT2D eigenvalue weighted by atomic mass is 16.2. The molecule has 7 nitrogen and oxygen atoms in total. The van der Waals surface area contributed by atoms with Gasteiger partial charge in [-0.15, -0.1) is 0 Å². The van der Waals surface area contributed by atoms with E-state index in [4.69, 9.17) is 5.73 Å². The quantitative estimate of drug-likeness (QED) is 0.651. The molecule has 0 aromatic heterocycles. The van der Waals surface area contributed by atoms with E-state index in [0.29, 0.717) is 24.3 Å². The molecule has 1 saturated heterocycles. The van der Waals surface area contributed by atoms with Crippen LogP contribution in [0.1, 0.15) is 23.2 Å². The number of likely N-dealkylation sites (tertiary alicyclic amines) is 1. The summed E-state index contributed by atoms with van der Waals surface area (Å²) in [5, 5.41) is 8.63. The Hall–Kier alpha value is -2.70. The minimum atomic E-state index is -0.368. The molecule has 22 heavy (non-hydrogen) atoms. The van der Waals surface area contributed by atoms with Crippen LogP contribution in [0.5, 0.6) is 0 Å². The fourth-order valence-corrected chi connectivity index (χ4v) is 2.59. The van der Waals surface area contributed by atoms with E-state index in [1.165, 1.54) is 5.12 Å². The number of nitrogens with two attached hydrogens (primary N) is 1. The van der Waals surface area contributed by atoms with Crippen LogP contribution in [-0.2, 0) is 4.79 Å². The number of piperidine rings is 1. The van der Waals surface area contributed by atoms with Gasteiger partial charge in [0.05, 0.1) is 17.2 Å². The van der Waals surface area contributed by atoms with Crippen molar-refractivity contribution in [3.05, 3.63) is 29.8 Å². The predicted octanol–water partition coefficient (Wildman–Crippen LogP) is 1.06. The normalized spacial score (nSPS) is 17.6. The first-order chi connectivity index (χ1) is 10.6. The van der Waals surface area contributed by atoms with Gasteiger partial charge >= 0.3 is 0 Å². The predicted molar refractivity (Wildman–Crippen MR) is 85.8 cm³/mol. The molecule has 1 unspecified atom stereocenters. The lowest BCUT2D eigenvalue weighted by atomic mass is 9.96. The molecule has 1 aromatic carbocycles. The van der Waals surface area contributed by atoms with Gasteiger partial charge in [-0.2, -0.15) is 15.3 Å². The number of amides is 2. The van der Waals surface area contributed by atoms with Gasteiger partial charge in [-0.1, -0.05) is 12.1 Å². The Morgan fingerprint density at radius 2 is 1.95 bits per heavy atom. The fraction of sp³-hybridized carbons (Fsp3) is 0.333. The molecule has 0 radical (unpaired) electrons. The molecule has 2 amide bonds. The number of nitrogens with zero attached hydrogens (tertiary/aromatic N) is 4. The SMILES string of the molecule is C=NN(N=C)c1ccccc1C(=O)N1CCCC(C(N)=O)C1. The number of hydrogen-bond acceptors (Lipinski definition) is 5. The zero-order valence-electron chi connectivity index (χ0n) is 12.3. The molecule has 1 aliphatic heterocycles. The second-order valence-electron chi connectivity index (χ2n) is 5.08. The van der Waals surface area contributed by atoms with Gasteiger partial charge in [0.25, 0.3) is 5.91 Å². The summed E-state index contributed by atoms with van der Waals surface area (Å²) in [7, 11) is 0. The van der Waals surface area contributed by atoms with Crippen LogP contribution in [-0.4, -0.2) is 43.2 Å². The number of carbonyl (C=O) groups excluding carboxylic acids is 2. The monoisotopic (exact) mass is 301 g/mol. The maximum Gasteiger partial charge on any atom is 0.256 e. The Kier molecular flexibility index (Phi) is 4.88. The zero-order valence-corrected chi connectivity index (χ0v) is 12.3. The summed E-state index contributed by atoms with van der Waals surface area (Å²) in [4.78, 5) is 25.7. The molecule has 1 aliphatic rings. The third-order valence-electron chi connectivity index (χ3n) is 3.73. The fourth-order valence-electron chi connectivity index (χ4n) is 2.59. The van der Waals surface area contributed by atoms with E-state index >= 15 is 0 Å². The summed E-state index contributed by atoms with van der Waals surface area (Å²) in [5.74, 6) is -0.845. The topological polar surface area (TPSA) is 91.4 Å². The van der Waals surface area contributed by atoms with Crippen molar-refractivity contribution in [2.45, 2.75) is 12.8 Å². The Balaban J connectivity index is 2.28. The van der Waals surface area contributed by atoms with Crippen molar-refractivity contribution >= 4 is 30.9 Å². The van der Waals surface area contributed by atoms with Crippen LogP contribution in [0.4, 0.5) is 5.69 Å². The third kappa shape index (κ3) is 3.13. The van der Waals surface area contributed by atoms with E-state index in [1.807, 2.05) is 0 Å². The van der Waals surface area contributed by atoms with Crippen LogP contribution in [0.25, 0.3) is 0 Å². The van der Waals surface area contributed by atoms with Crippen molar-refractivity contribution in [1.29, 1.82) is 0 Å². The first kappa shape index (κ1) is 15.7. The molecule has 0 aliphatic carbocycles. The second-order valence-corrected chi connectivity index (χ2v) is 5.08. The van der Waals surface area contributed by atoms with Gasteiger partial charge in [-0.25, -0.2) is 0 Å². The van der Waals surface area contributed by atoms with Gasteiger partial charge in [0.15, 0.2) is 0 Å². The van der Waals surface area contributed by atoms with E-state index in [1.54, 1.807) is 29.2 Å². The van der Waals surface area contributed by atoms with Gasteiger partial charge < -0.3 is 10.6 Å². The molecule has 0 spiro atoms. The van der Waals surface area contributed by atoms with Gasteiger partial charge in [0.1, 0.15) is 0 Å². The Morgan fingerprint density at radius 3 is 2.59 bits per heavy atom. The molecule has 1 fully saturated rings. The van der Waals surface area contributed by atoms with Crippen molar-refractivity contribution in [3.8, 4) is 0 Å². The summed E-state index contributed by atoms with van der Waals surface area (Å²) < 4.78 is 0. The first-order valence-electron chi connectivity index (χ1n) is 6.99. The average molecular weight is 301 g/mol. The molecule has 0 saturated carbocycles. The lowest BCUT2D eigenvalue weighted by molar-refractivity contribution is -0.123. The molecule has 2 rings (SSSR count). The number of anilines is 1. The number of rotatable bonds is 5. The van der Waals surface area contributed by atoms with E-state index in [0.717, 1.165) is 12.8 Å². The van der Waals surface area contributed by atoms with Crippen molar-refractivity contribution in [2.75, 3.05) is 18.2 Å². The molecule has 0 bridgehead atoms. The molecule has 7 heteroatoms. The van der Waals surface area contributed by atoms with Crippen LogP contribution in [0.2, 0.25) is 0 Å². The molecule has 1 heterocycles. The maximum absolute atomic E-state index is 12.7. The molecular formula is C15H19N5O2. The second kappa shape index (κ2) is 6.84. The lowest BCUT2D eigenvalue weighted by Gasteiger charge is -2.32. The molecule has 1 atom stereocenters. The maximum atomic E-state index is 12.7. The minimum Gasteiger partial charge on any atom is -0.369 e. The number of primary amides is 1. The Morgan fingerprint density at radius 1 is 1.27 bits per heavy atom. The highest BCUT2D eigenvalue weighted by Gasteiger charge is 2.29. The van der Waals surface area contributed by atoms with Crippen LogP contribution in [0, 0.1) is 5.92 Å². The number of hydrogen-bond donors (Lipinski definition) is 1. The average Bonchev–Trinajstić information content (AvgIpc) is 2.56. The van der Waals surface area contributed by atoms with Crippen LogP contribution in [0.15, 0.2) is 34.5 Å². The van der Waals surface area contributed by atoms with Crippen molar-refractivity contribution in [1.82, 2.24) is 4.90 Å². The Bertz CT molecular complexity index is 593. The van der Waals surface area contributed by atoms with E-state index in [9.17, 15) is 9.59 Å². The van der Waals surface area contributed by atoms with Crippen LogP contribution >= 0.6 is 0 Å². The smallest absolute Gasteiger partial charge is 0.256 e. The summed E-state index contributed by atoms with van der Waals surface area (Å²) >= 11 is 0. The highest BCUT2D eigenvalue weighted by molar-refractivity contribution is 6.00. The van der Waals surface area contributed by atoms with Crippen molar-refractivity contribution in [3.63, 3.8) is 0 Å². The van der Waals surface area contributed by atoms with Gasteiger partial charge in [-0.3, -0.25) is 9.59 Å². The summed E-state index contributed by atoms with van der Waals surface area (Å²) in [5.41, 5.74) is 6.29. The third-order valence-corrected chi connectivity index (χ3v) is 3.73. The lowest BCUT2D eigenvalue weighted by Crippen LogP contribution is -2.44. The molecule has 2 N–H and O–H groups in total. The number of para-hydroxylation sites is 1. The minimum absolute atomic E-state index is 0.182.